The molecule has 0 aliphatic rings. The van der Waals surface area contributed by atoms with Gasteiger partial charge in [-0.1, -0.05) is 20.8 Å². The van der Waals surface area contributed by atoms with Crippen LogP contribution >= 0.6 is 7.60 Å². The van der Waals surface area contributed by atoms with E-state index in [1.54, 1.807) is 10.8 Å². The SMILES string of the molecule is CC(C)(C)Cn1c(-c2occc2P(=O)(O)O)nc2cncnc21. The number of imidazole rings is 1. The third kappa shape index (κ3) is 3.06. The summed E-state index contributed by atoms with van der Waals surface area (Å²) in [6.45, 7) is 6.71. The maximum atomic E-state index is 11.7. The van der Waals surface area contributed by atoms with Crippen molar-refractivity contribution in [2.24, 2.45) is 5.41 Å². The summed E-state index contributed by atoms with van der Waals surface area (Å²) in [5.74, 6) is 0.388. The first-order valence-electron chi connectivity index (χ1n) is 6.97. The maximum Gasteiger partial charge on any atom is 0.360 e. The molecule has 0 amide bonds. The molecule has 2 N–H and O–H groups in total. The third-order valence-electron chi connectivity index (χ3n) is 3.20. The lowest BCUT2D eigenvalue weighted by atomic mass is 9.97. The minimum atomic E-state index is -4.47. The highest BCUT2D eigenvalue weighted by molar-refractivity contribution is 7.60. The van der Waals surface area contributed by atoms with Gasteiger partial charge in [-0.15, -0.1) is 0 Å². The van der Waals surface area contributed by atoms with Crippen molar-refractivity contribution in [3.8, 4) is 11.6 Å². The molecular weight excluding hydrogens is 319 g/mol. The van der Waals surface area contributed by atoms with Crippen molar-refractivity contribution in [2.75, 3.05) is 0 Å². The van der Waals surface area contributed by atoms with Crippen LogP contribution < -0.4 is 5.30 Å². The first-order valence-corrected chi connectivity index (χ1v) is 8.58. The number of aromatic nitrogens is 4. The Hall–Kier alpha value is -2.02. The van der Waals surface area contributed by atoms with Gasteiger partial charge in [0.2, 0.25) is 0 Å². The fraction of sp³-hybridized carbons (Fsp3) is 0.357. The van der Waals surface area contributed by atoms with Crippen LogP contribution in [0.1, 0.15) is 20.8 Å². The van der Waals surface area contributed by atoms with E-state index in [2.05, 4.69) is 35.7 Å². The third-order valence-corrected chi connectivity index (χ3v) is 4.18. The molecule has 0 saturated heterocycles. The quantitative estimate of drug-likeness (QED) is 0.702. The highest BCUT2D eigenvalue weighted by atomic mass is 31.2. The van der Waals surface area contributed by atoms with E-state index < -0.39 is 7.60 Å². The molecule has 0 radical (unpaired) electrons. The van der Waals surface area contributed by atoms with Gasteiger partial charge in [0.15, 0.2) is 17.2 Å². The van der Waals surface area contributed by atoms with Gasteiger partial charge in [0.25, 0.3) is 0 Å². The van der Waals surface area contributed by atoms with E-state index in [4.69, 9.17) is 4.42 Å². The summed E-state index contributed by atoms with van der Waals surface area (Å²) >= 11 is 0. The molecule has 0 spiro atoms. The summed E-state index contributed by atoms with van der Waals surface area (Å²) in [5, 5.41) is -0.184. The summed E-state index contributed by atoms with van der Waals surface area (Å²) < 4.78 is 18.8. The zero-order chi connectivity index (χ0) is 16.8. The van der Waals surface area contributed by atoms with Crippen LogP contribution in [0, 0.1) is 5.41 Å². The Morgan fingerprint density at radius 2 is 2.09 bits per heavy atom. The zero-order valence-corrected chi connectivity index (χ0v) is 13.9. The molecule has 0 aliphatic carbocycles. The van der Waals surface area contributed by atoms with E-state index in [0.29, 0.717) is 23.5 Å². The van der Waals surface area contributed by atoms with Gasteiger partial charge in [-0.3, -0.25) is 4.57 Å². The first-order chi connectivity index (χ1) is 10.7. The standard InChI is InChI=1S/C14H17N4O4P/c1-14(2,3)7-18-12-9(6-15-8-16-12)17-13(18)11-10(4-5-22-11)23(19,20)21/h4-6,8H,7H2,1-3H3,(H2,19,20,21). The van der Waals surface area contributed by atoms with Gasteiger partial charge in [0.1, 0.15) is 17.1 Å². The monoisotopic (exact) mass is 336 g/mol. The molecule has 3 heterocycles. The molecule has 3 aromatic heterocycles. The molecule has 23 heavy (non-hydrogen) atoms. The second-order valence-electron chi connectivity index (χ2n) is 6.49. The average molecular weight is 336 g/mol. The molecule has 0 fully saturated rings. The Morgan fingerprint density at radius 3 is 2.74 bits per heavy atom. The summed E-state index contributed by atoms with van der Waals surface area (Å²) in [6, 6.07) is 1.27. The maximum absolute atomic E-state index is 11.7. The molecule has 0 atom stereocenters. The zero-order valence-electron chi connectivity index (χ0n) is 13.0. The van der Waals surface area contributed by atoms with Gasteiger partial charge in [0, 0.05) is 6.54 Å². The number of rotatable bonds is 3. The highest BCUT2D eigenvalue weighted by Gasteiger charge is 2.29. The summed E-state index contributed by atoms with van der Waals surface area (Å²) in [5.41, 5.74) is 1.04. The lowest BCUT2D eigenvalue weighted by molar-refractivity contribution is 0.348. The van der Waals surface area contributed by atoms with Gasteiger partial charge >= 0.3 is 7.60 Å². The Labute approximate surface area is 132 Å². The molecule has 8 nitrogen and oxygen atoms in total. The highest BCUT2D eigenvalue weighted by Crippen LogP contribution is 2.39. The van der Waals surface area contributed by atoms with Crippen LogP contribution in [0.15, 0.2) is 29.3 Å². The second kappa shape index (κ2) is 5.26. The first kappa shape index (κ1) is 15.9. The molecule has 9 heteroatoms. The molecule has 3 rings (SSSR count). The molecule has 122 valence electrons. The van der Waals surface area contributed by atoms with Crippen molar-refractivity contribution in [2.45, 2.75) is 27.3 Å². The summed E-state index contributed by atoms with van der Waals surface area (Å²) in [4.78, 5) is 31.6. The van der Waals surface area contributed by atoms with Gasteiger partial charge in [-0.2, -0.15) is 0 Å². The smallest absolute Gasteiger partial charge is 0.360 e. The molecule has 0 aliphatic heterocycles. The minimum Gasteiger partial charge on any atom is -0.460 e. The molecular formula is C14H17N4O4P. The topological polar surface area (TPSA) is 114 Å². The van der Waals surface area contributed by atoms with E-state index in [1.165, 1.54) is 18.7 Å². The van der Waals surface area contributed by atoms with Crippen molar-refractivity contribution in [1.82, 2.24) is 19.5 Å². The van der Waals surface area contributed by atoms with E-state index >= 15 is 0 Å². The van der Waals surface area contributed by atoms with E-state index in [0.717, 1.165) is 0 Å². The Balaban J connectivity index is 2.28. The second-order valence-corrected chi connectivity index (χ2v) is 8.06. The fourth-order valence-electron chi connectivity index (χ4n) is 2.37. The van der Waals surface area contributed by atoms with Crippen LogP contribution in [0.5, 0.6) is 0 Å². The van der Waals surface area contributed by atoms with E-state index in [1.807, 2.05) is 0 Å². The van der Waals surface area contributed by atoms with Crippen LogP contribution in [0.25, 0.3) is 22.7 Å². The molecule has 0 unspecified atom stereocenters. The van der Waals surface area contributed by atoms with Crippen LogP contribution in [-0.2, 0) is 11.1 Å². The van der Waals surface area contributed by atoms with Crippen LogP contribution in [0.3, 0.4) is 0 Å². The van der Waals surface area contributed by atoms with Crippen molar-refractivity contribution in [3.05, 3.63) is 24.9 Å². The van der Waals surface area contributed by atoms with Crippen molar-refractivity contribution in [1.29, 1.82) is 0 Å². The van der Waals surface area contributed by atoms with Crippen molar-refractivity contribution in [3.63, 3.8) is 0 Å². The van der Waals surface area contributed by atoms with Crippen LogP contribution in [-0.4, -0.2) is 29.3 Å². The number of hydrogen-bond acceptors (Lipinski definition) is 5. The molecule has 3 aromatic rings. The molecule has 0 bridgehead atoms. The molecule has 0 saturated carbocycles. The molecule has 0 aromatic carbocycles. The Bertz CT molecular complexity index is 903. The summed E-state index contributed by atoms with van der Waals surface area (Å²) in [7, 11) is -4.47. The Morgan fingerprint density at radius 1 is 1.35 bits per heavy atom. The number of furan rings is 1. The van der Waals surface area contributed by atoms with Crippen molar-refractivity contribution < 1.29 is 18.8 Å². The average Bonchev–Trinajstić information content (AvgIpc) is 3.01. The van der Waals surface area contributed by atoms with Gasteiger partial charge < -0.3 is 18.8 Å². The van der Waals surface area contributed by atoms with Crippen molar-refractivity contribution >= 4 is 24.1 Å². The van der Waals surface area contributed by atoms with Gasteiger partial charge in [0.05, 0.1) is 12.5 Å². The van der Waals surface area contributed by atoms with Gasteiger partial charge in [-0.05, 0) is 11.5 Å². The predicted octanol–water partition coefficient (Wildman–Crippen LogP) is 1.94. The largest absolute Gasteiger partial charge is 0.460 e. The lowest BCUT2D eigenvalue weighted by Crippen LogP contribution is -2.18. The number of hydrogen-bond donors (Lipinski definition) is 2. The Kier molecular flexibility index (Phi) is 3.63. The normalized spacial score (nSPS) is 12.9. The van der Waals surface area contributed by atoms with E-state index in [9.17, 15) is 14.4 Å². The van der Waals surface area contributed by atoms with Crippen LogP contribution in [0.2, 0.25) is 0 Å². The fourth-order valence-corrected chi connectivity index (χ4v) is 3.05. The lowest BCUT2D eigenvalue weighted by Gasteiger charge is -2.20. The van der Waals surface area contributed by atoms with Crippen LogP contribution in [0.4, 0.5) is 0 Å². The predicted molar refractivity (Wildman–Crippen MR) is 84.2 cm³/mol. The minimum absolute atomic E-state index is 0.0561. The van der Waals surface area contributed by atoms with Gasteiger partial charge in [-0.25, -0.2) is 15.0 Å². The number of nitrogens with zero attached hydrogens (tertiary/aromatic N) is 4. The van der Waals surface area contributed by atoms with E-state index in [-0.39, 0.29) is 16.5 Å². The number of fused-ring (bicyclic) bond motifs is 1. The summed E-state index contributed by atoms with van der Waals surface area (Å²) in [6.07, 6.45) is 4.22.